The molecular weight excluding hydrogens is 362 g/mol. The van der Waals surface area contributed by atoms with Crippen LogP contribution in [0.5, 0.6) is 5.75 Å². The third-order valence-corrected chi connectivity index (χ3v) is 4.82. The monoisotopic (exact) mass is 383 g/mol. The maximum Gasteiger partial charge on any atom is 0.273 e. The first-order valence-electron chi connectivity index (χ1n) is 8.88. The quantitative estimate of drug-likeness (QED) is 0.610. The highest BCUT2D eigenvalue weighted by molar-refractivity contribution is 6.01. The Hall–Kier alpha value is -3.42. The van der Waals surface area contributed by atoms with E-state index >= 15 is 0 Å². The summed E-state index contributed by atoms with van der Waals surface area (Å²) in [6, 6.07) is 13.5. The second-order valence-corrected chi connectivity index (χ2v) is 6.66. The minimum atomic E-state index is -0.528. The zero-order valence-corrected chi connectivity index (χ0v) is 15.6. The molecule has 0 radical (unpaired) electrons. The van der Waals surface area contributed by atoms with Crippen LogP contribution >= 0.6 is 0 Å². The summed E-state index contributed by atoms with van der Waals surface area (Å²) in [6.45, 7) is 2.08. The molecule has 0 aromatic heterocycles. The summed E-state index contributed by atoms with van der Waals surface area (Å²) in [5.74, 6) is -0.701. The molecule has 28 heavy (non-hydrogen) atoms. The number of nitro groups is 1. The molecule has 1 saturated heterocycles. The number of ether oxygens (including phenoxy) is 1. The predicted octanol–water partition coefficient (Wildman–Crippen LogP) is 2.83. The molecule has 3 rings (SSSR count). The van der Waals surface area contributed by atoms with Gasteiger partial charge < -0.3 is 15.0 Å². The summed E-state index contributed by atoms with van der Waals surface area (Å²) < 4.78 is 5.22. The Balaban J connectivity index is 1.73. The van der Waals surface area contributed by atoms with E-state index in [0.29, 0.717) is 5.69 Å². The van der Waals surface area contributed by atoms with Crippen LogP contribution in [0.4, 0.5) is 11.4 Å². The zero-order valence-electron chi connectivity index (χ0n) is 15.6. The van der Waals surface area contributed by atoms with E-state index in [9.17, 15) is 19.7 Å². The van der Waals surface area contributed by atoms with Gasteiger partial charge in [-0.2, -0.15) is 0 Å². The van der Waals surface area contributed by atoms with Crippen molar-refractivity contribution >= 4 is 23.2 Å². The molecule has 0 saturated carbocycles. The van der Waals surface area contributed by atoms with E-state index in [2.05, 4.69) is 5.32 Å². The number of nitrogens with one attached hydrogen (secondary N) is 1. The third-order valence-electron chi connectivity index (χ3n) is 4.82. The van der Waals surface area contributed by atoms with E-state index in [0.717, 1.165) is 5.56 Å². The summed E-state index contributed by atoms with van der Waals surface area (Å²) in [6.07, 6.45) is 0.0769. The molecule has 8 heteroatoms. The lowest BCUT2D eigenvalue weighted by Gasteiger charge is -2.20. The number of non-ortho nitro benzene ring substituents is 1. The van der Waals surface area contributed by atoms with E-state index in [4.69, 9.17) is 4.74 Å². The fraction of sp³-hybridized carbons (Fsp3) is 0.300. The minimum Gasteiger partial charge on any atom is -0.494 e. The number of methoxy groups -OCH3 is 1. The van der Waals surface area contributed by atoms with Crippen LogP contribution in [0.3, 0.4) is 0 Å². The first-order valence-corrected chi connectivity index (χ1v) is 8.88. The highest BCUT2D eigenvalue weighted by Gasteiger charge is 2.37. The Bertz CT molecular complexity index is 900. The van der Waals surface area contributed by atoms with E-state index in [1.54, 1.807) is 0 Å². The smallest absolute Gasteiger partial charge is 0.273 e. The summed E-state index contributed by atoms with van der Waals surface area (Å²) in [7, 11) is 1.38. The van der Waals surface area contributed by atoms with Gasteiger partial charge in [0.1, 0.15) is 5.75 Å². The molecule has 2 amide bonds. The lowest BCUT2D eigenvalue weighted by atomic mass is 10.1. The van der Waals surface area contributed by atoms with Crippen molar-refractivity contribution < 1.29 is 19.2 Å². The van der Waals surface area contributed by atoms with Gasteiger partial charge in [0.25, 0.3) is 5.69 Å². The Morgan fingerprint density at radius 1 is 1.29 bits per heavy atom. The van der Waals surface area contributed by atoms with Crippen molar-refractivity contribution in [2.75, 3.05) is 18.6 Å². The van der Waals surface area contributed by atoms with E-state index in [1.165, 1.54) is 30.2 Å². The van der Waals surface area contributed by atoms with Gasteiger partial charge in [-0.1, -0.05) is 30.3 Å². The fourth-order valence-corrected chi connectivity index (χ4v) is 3.28. The van der Waals surface area contributed by atoms with Gasteiger partial charge in [0.05, 0.1) is 35.7 Å². The number of benzene rings is 2. The van der Waals surface area contributed by atoms with Crippen LogP contribution in [0.25, 0.3) is 0 Å². The van der Waals surface area contributed by atoms with E-state index in [1.807, 2.05) is 37.3 Å². The van der Waals surface area contributed by atoms with Gasteiger partial charge in [0.2, 0.25) is 11.8 Å². The third kappa shape index (κ3) is 3.95. The first-order chi connectivity index (χ1) is 13.4. The van der Waals surface area contributed by atoms with Crippen LogP contribution < -0.4 is 15.0 Å². The van der Waals surface area contributed by atoms with Crippen LogP contribution in [-0.4, -0.2) is 30.4 Å². The van der Waals surface area contributed by atoms with Gasteiger partial charge >= 0.3 is 0 Å². The molecule has 2 atom stereocenters. The second kappa shape index (κ2) is 8.08. The number of nitrogens with zero attached hydrogens (tertiary/aromatic N) is 2. The van der Waals surface area contributed by atoms with Crippen molar-refractivity contribution in [3.05, 3.63) is 64.2 Å². The Morgan fingerprint density at radius 3 is 2.64 bits per heavy atom. The van der Waals surface area contributed by atoms with E-state index in [-0.39, 0.29) is 42.3 Å². The largest absolute Gasteiger partial charge is 0.494 e. The Labute approximate surface area is 162 Å². The average Bonchev–Trinajstić information content (AvgIpc) is 3.09. The van der Waals surface area contributed by atoms with Gasteiger partial charge in [0, 0.05) is 19.0 Å². The molecule has 8 nitrogen and oxygen atoms in total. The molecule has 1 heterocycles. The molecule has 0 aliphatic carbocycles. The topological polar surface area (TPSA) is 102 Å². The summed E-state index contributed by atoms with van der Waals surface area (Å²) in [4.78, 5) is 37.0. The van der Waals surface area contributed by atoms with Gasteiger partial charge in [-0.15, -0.1) is 0 Å². The fourth-order valence-electron chi connectivity index (χ4n) is 3.28. The molecule has 1 aliphatic heterocycles. The molecule has 1 N–H and O–H groups in total. The predicted molar refractivity (Wildman–Crippen MR) is 103 cm³/mol. The summed E-state index contributed by atoms with van der Waals surface area (Å²) in [5.41, 5.74) is 1.27. The van der Waals surface area contributed by atoms with E-state index < -0.39 is 10.8 Å². The number of amides is 2. The standard InChI is InChI=1S/C20H21N3O5/c1-13(14-6-4-3-5-7-14)21-20(25)15-10-19(24)22(12-15)17-9-8-16(23(26)27)11-18(17)28-2/h3-9,11,13,15H,10,12H2,1-2H3,(H,21,25)/t13-,15+/m1/s1. The molecule has 1 aliphatic rings. The van der Waals surface area contributed by atoms with Gasteiger partial charge in [-0.25, -0.2) is 0 Å². The number of hydrogen-bond donors (Lipinski definition) is 1. The highest BCUT2D eigenvalue weighted by atomic mass is 16.6. The SMILES string of the molecule is COc1cc([N+](=O)[O-])ccc1N1C[C@@H](C(=O)N[C@H](C)c2ccccc2)CC1=O. The lowest BCUT2D eigenvalue weighted by Crippen LogP contribution is -2.34. The van der Waals surface area contributed by atoms with Crippen molar-refractivity contribution in [3.63, 3.8) is 0 Å². The number of rotatable bonds is 6. The Morgan fingerprint density at radius 2 is 2.00 bits per heavy atom. The lowest BCUT2D eigenvalue weighted by molar-refractivity contribution is -0.384. The van der Waals surface area contributed by atoms with Crippen molar-refractivity contribution in [2.24, 2.45) is 5.92 Å². The number of carbonyl (C=O) groups is 2. The molecule has 2 aromatic carbocycles. The maximum absolute atomic E-state index is 12.6. The van der Waals surface area contributed by atoms with Gasteiger partial charge in [-0.05, 0) is 18.6 Å². The van der Waals surface area contributed by atoms with Crippen LogP contribution in [0, 0.1) is 16.0 Å². The van der Waals surface area contributed by atoms with Gasteiger partial charge in [0.15, 0.2) is 0 Å². The zero-order chi connectivity index (χ0) is 20.3. The molecule has 2 aromatic rings. The molecule has 0 spiro atoms. The molecular formula is C20H21N3O5. The molecule has 1 fully saturated rings. The Kier molecular flexibility index (Phi) is 5.58. The minimum absolute atomic E-state index is 0.0769. The average molecular weight is 383 g/mol. The van der Waals surface area contributed by atoms with Crippen molar-refractivity contribution in [2.45, 2.75) is 19.4 Å². The van der Waals surface area contributed by atoms with Crippen molar-refractivity contribution in [3.8, 4) is 5.75 Å². The molecule has 146 valence electrons. The maximum atomic E-state index is 12.6. The number of nitro benzene ring substituents is 1. The summed E-state index contributed by atoms with van der Waals surface area (Å²) in [5, 5.41) is 13.9. The van der Waals surface area contributed by atoms with Crippen molar-refractivity contribution in [1.82, 2.24) is 5.32 Å². The van der Waals surface area contributed by atoms with Crippen LogP contribution in [0.2, 0.25) is 0 Å². The van der Waals surface area contributed by atoms with Gasteiger partial charge in [-0.3, -0.25) is 19.7 Å². The molecule has 0 bridgehead atoms. The summed E-state index contributed by atoms with van der Waals surface area (Å²) >= 11 is 0. The second-order valence-electron chi connectivity index (χ2n) is 6.66. The normalized spacial score (nSPS) is 17.3. The highest BCUT2D eigenvalue weighted by Crippen LogP contribution is 2.35. The molecule has 0 unspecified atom stereocenters. The number of carbonyl (C=O) groups excluding carboxylic acids is 2. The first kappa shape index (κ1) is 19.3. The number of hydrogen-bond acceptors (Lipinski definition) is 5. The van der Waals surface area contributed by atoms with Crippen molar-refractivity contribution in [1.29, 1.82) is 0 Å². The van der Waals surface area contributed by atoms with Crippen LogP contribution in [0.15, 0.2) is 48.5 Å². The number of anilines is 1. The van der Waals surface area contributed by atoms with Crippen LogP contribution in [0.1, 0.15) is 24.9 Å². The van der Waals surface area contributed by atoms with Crippen LogP contribution in [-0.2, 0) is 9.59 Å².